The fourth-order valence-electron chi connectivity index (χ4n) is 2.78. The maximum atomic E-state index is 12.9. The molecule has 1 amide bonds. The van der Waals surface area contributed by atoms with Crippen molar-refractivity contribution in [3.05, 3.63) is 29.3 Å². The Balaban J connectivity index is 2.34. The van der Waals surface area contributed by atoms with Gasteiger partial charge in [0.15, 0.2) is 0 Å². The van der Waals surface area contributed by atoms with E-state index in [9.17, 15) is 13.2 Å². The highest BCUT2D eigenvalue weighted by atomic mass is 32.2. The molecular weight excluding hydrogens is 412 g/mol. The lowest BCUT2D eigenvalue weighted by atomic mass is 10.1. The standard InChI is InChI=1S/C19H28N4O6S/c1-3-7-23(29-10-8-24)19(25)15-11-14-4-5-16(13-17(14)22-18(20)12-15)30(26,27)21-6-9-28-2/h4-5,11,13,21,24H,3,6-10,12H2,1-2H3,(H2,20,22). The predicted molar refractivity (Wildman–Crippen MR) is 112 cm³/mol. The topological polar surface area (TPSA) is 144 Å². The molecule has 30 heavy (non-hydrogen) atoms. The van der Waals surface area contributed by atoms with Crippen molar-refractivity contribution in [1.82, 2.24) is 9.79 Å². The van der Waals surface area contributed by atoms with E-state index in [1.165, 1.54) is 24.3 Å². The molecule has 0 aliphatic carbocycles. The van der Waals surface area contributed by atoms with Crippen LogP contribution in [-0.2, 0) is 24.4 Å². The van der Waals surface area contributed by atoms with Gasteiger partial charge in [-0.1, -0.05) is 13.0 Å². The average molecular weight is 441 g/mol. The summed E-state index contributed by atoms with van der Waals surface area (Å²) in [6.45, 7) is 2.42. The van der Waals surface area contributed by atoms with Gasteiger partial charge in [0.25, 0.3) is 5.91 Å². The Bertz CT molecular complexity index is 914. The average Bonchev–Trinajstić information content (AvgIpc) is 2.88. The van der Waals surface area contributed by atoms with Crippen LogP contribution in [0.1, 0.15) is 25.3 Å². The van der Waals surface area contributed by atoms with Gasteiger partial charge < -0.3 is 15.6 Å². The molecular formula is C19H28N4O6S. The number of nitrogens with one attached hydrogen (secondary N) is 1. The van der Waals surface area contributed by atoms with Crippen molar-refractivity contribution in [3.63, 3.8) is 0 Å². The van der Waals surface area contributed by atoms with Crippen molar-refractivity contribution in [3.8, 4) is 0 Å². The largest absolute Gasteiger partial charge is 0.394 e. The molecule has 0 spiro atoms. The van der Waals surface area contributed by atoms with Gasteiger partial charge in [0.05, 0.1) is 30.4 Å². The van der Waals surface area contributed by atoms with E-state index in [1.54, 1.807) is 12.1 Å². The van der Waals surface area contributed by atoms with E-state index in [0.717, 1.165) is 0 Å². The molecule has 0 atom stereocenters. The molecule has 1 aliphatic heterocycles. The SMILES string of the molecule is CCCN(OCCO)C(=O)C1=Cc2ccc(S(=O)(=O)NCCOC)cc2N=C(N)C1. The van der Waals surface area contributed by atoms with E-state index in [4.69, 9.17) is 20.4 Å². The highest BCUT2D eigenvalue weighted by Gasteiger charge is 2.23. The lowest BCUT2D eigenvalue weighted by molar-refractivity contribution is -0.185. The van der Waals surface area contributed by atoms with Crippen molar-refractivity contribution in [1.29, 1.82) is 0 Å². The van der Waals surface area contributed by atoms with Crippen LogP contribution in [0.25, 0.3) is 6.08 Å². The molecule has 0 fully saturated rings. The molecule has 0 radical (unpaired) electrons. The number of aliphatic hydroxyl groups excluding tert-OH is 1. The minimum atomic E-state index is -3.74. The van der Waals surface area contributed by atoms with E-state index in [-0.39, 0.29) is 49.4 Å². The Morgan fingerprint density at radius 3 is 2.80 bits per heavy atom. The summed E-state index contributed by atoms with van der Waals surface area (Å²) in [6, 6.07) is 4.43. The number of aliphatic hydroxyl groups is 1. The molecule has 11 heteroatoms. The Labute approximate surface area is 176 Å². The third-order valence-electron chi connectivity index (χ3n) is 4.14. The summed E-state index contributed by atoms with van der Waals surface area (Å²) in [7, 11) is -2.25. The summed E-state index contributed by atoms with van der Waals surface area (Å²) >= 11 is 0. The third kappa shape index (κ3) is 6.34. The van der Waals surface area contributed by atoms with Crippen LogP contribution >= 0.6 is 0 Å². The number of amides is 1. The number of carbonyl (C=O) groups is 1. The molecule has 0 bridgehead atoms. The minimum absolute atomic E-state index is 0.00350. The molecule has 2 rings (SSSR count). The van der Waals surface area contributed by atoms with Crippen LogP contribution in [-0.4, -0.2) is 70.4 Å². The number of hydrogen-bond donors (Lipinski definition) is 3. The summed E-state index contributed by atoms with van der Waals surface area (Å²) in [4.78, 5) is 22.6. The molecule has 1 heterocycles. The van der Waals surface area contributed by atoms with Crippen molar-refractivity contribution in [2.24, 2.45) is 10.7 Å². The zero-order chi connectivity index (χ0) is 22.1. The smallest absolute Gasteiger partial charge is 0.273 e. The first-order valence-electron chi connectivity index (χ1n) is 9.54. The molecule has 4 N–H and O–H groups in total. The molecule has 10 nitrogen and oxygen atoms in total. The number of ether oxygens (including phenoxy) is 1. The Morgan fingerprint density at radius 1 is 1.37 bits per heavy atom. The maximum Gasteiger partial charge on any atom is 0.273 e. The second-order valence-electron chi connectivity index (χ2n) is 6.52. The number of sulfonamides is 1. The summed E-state index contributed by atoms with van der Waals surface area (Å²) < 4.78 is 32.2. The molecule has 1 aliphatic rings. The number of fused-ring (bicyclic) bond motifs is 1. The molecule has 166 valence electrons. The minimum Gasteiger partial charge on any atom is -0.394 e. The van der Waals surface area contributed by atoms with Gasteiger partial charge in [-0.05, 0) is 24.6 Å². The third-order valence-corrected chi connectivity index (χ3v) is 5.60. The maximum absolute atomic E-state index is 12.9. The second-order valence-corrected chi connectivity index (χ2v) is 8.29. The van der Waals surface area contributed by atoms with Gasteiger partial charge in [-0.2, -0.15) is 0 Å². The number of aliphatic imine (C=N–C) groups is 1. The van der Waals surface area contributed by atoms with Crippen molar-refractivity contribution < 1.29 is 27.9 Å². The Morgan fingerprint density at radius 2 is 2.13 bits per heavy atom. The van der Waals surface area contributed by atoms with Gasteiger partial charge in [-0.25, -0.2) is 23.2 Å². The van der Waals surface area contributed by atoms with Gasteiger partial charge in [-0.3, -0.25) is 9.63 Å². The number of carbonyl (C=O) groups excluding carboxylic acids is 1. The number of rotatable bonds is 11. The summed E-state index contributed by atoms with van der Waals surface area (Å²) in [5.74, 6) is -0.205. The van der Waals surface area contributed by atoms with E-state index < -0.39 is 10.0 Å². The van der Waals surface area contributed by atoms with Gasteiger partial charge in [0.1, 0.15) is 5.84 Å². The van der Waals surface area contributed by atoms with Crippen molar-refractivity contribution >= 4 is 33.5 Å². The number of hydroxylamine groups is 2. The van der Waals surface area contributed by atoms with E-state index >= 15 is 0 Å². The first kappa shape index (κ1) is 24.0. The summed E-state index contributed by atoms with van der Waals surface area (Å²) in [5.41, 5.74) is 7.26. The molecule has 1 aromatic carbocycles. The number of hydrogen-bond acceptors (Lipinski definition) is 8. The number of nitrogens with two attached hydrogens (primary N) is 1. The summed E-state index contributed by atoms with van der Waals surface area (Å²) in [5, 5.41) is 10.2. The quantitative estimate of drug-likeness (QED) is 0.337. The highest BCUT2D eigenvalue weighted by Crippen LogP contribution is 2.29. The van der Waals surface area contributed by atoms with Crippen molar-refractivity contribution in [2.45, 2.75) is 24.7 Å². The van der Waals surface area contributed by atoms with Crippen LogP contribution in [0.4, 0.5) is 5.69 Å². The lowest BCUT2D eigenvalue weighted by Crippen LogP contribution is -2.35. The molecule has 0 saturated carbocycles. The normalized spacial score (nSPS) is 13.8. The number of methoxy groups -OCH3 is 1. The molecule has 0 saturated heterocycles. The lowest BCUT2D eigenvalue weighted by Gasteiger charge is -2.22. The van der Waals surface area contributed by atoms with E-state index in [2.05, 4.69) is 9.71 Å². The predicted octanol–water partition coefficient (Wildman–Crippen LogP) is 0.550. The van der Waals surface area contributed by atoms with Crippen molar-refractivity contribution in [2.75, 3.05) is 40.0 Å². The number of nitrogens with zero attached hydrogens (tertiary/aromatic N) is 2. The monoisotopic (exact) mass is 440 g/mol. The van der Waals surface area contributed by atoms with Gasteiger partial charge in [0, 0.05) is 37.8 Å². The zero-order valence-corrected chi connectivity index (χ0v) is 17.9. The fourth-order valence-corrected chi connectivity index (χ4v) is 3.81. The van der Waals surface area contributed by atoms with Crippen LogP contribution in [0, 0.1) is 0 Å². The Hall–Kier alpha value is -2.31. The van der Waals surface area contributed by atoms with Crippen LogP contribution in [0.5, 0.6) is 0 Å². The van der Waals surface area contributed by atoms with E-state index in [0.29, 0.717) is 29.8 Å². The molecule has 1 aromatic rings. The van der Waals surface area contributed by atoms with Crippen LogP contribution in [0.2, 0.25) is 0 Å². The number of benzene rings is 1. The highest BCUT2D eigenvalue weighted by molar-refractivity contribution is 7.89. The molecule has 0 unspecified atom stereocenters. The first-order chi connectivity index (χ1) is 14.3. The van der Waals surface area contributed by atoms with Gasteiger partial charge in [0.2, 0.25) is 10.0 Å². The van der Waals surface area contributed by atoms with Crippen LogP contribution in [0.3, 0.4) is 0 Å². The first-order valence-corrected chi connectivity index (χ1v) is 11.0. The summed E-state index contributed by atoms with van der Waals surface area (Å²) in [6.07, 6.45) is 2.38. The number of amidine groups is 1. The molecule has 0 aromatic heterocycles. The van der Waals surface area contributed by atoms with Crippen LogP contribution < -0.4 is 10.5 Å². The Kier molecular flexibility index (Phi) is 8.93. The second kappa shape index (κ2) is 11.2. The van der Waals surface area contributed by atoms with Crippen LogP contribution in [0.15, 0.2) is 33.7 Å². The van der Waals surface area contributed by atoms with Gasteiger partial charge in [-0.15, -0.1) is 0 Å². The zero-order valence-electron chi connectivity index (χ0n) is 17.1. The fraction of sp³-hybridized carbons (Fsp3) is 0.474. The van der Waals surface area contributed by atoms with Gasteiger partial charge >= 0.3 is 0 Å². The van der Waals surface area contributed by atoms with E-state index in [1.807, 2.05) is 6.92 Å².